The van der Waals surface area contributed by atoms with E-state index in [0.29, 0.717) is 5.92 Å². The maximum Gasteiger partial charge on any atom is 0.0499 e. The number of hydrogen-bond donors (Lipinski definition) is 1. The molecule has 2 atom stereocenters. The minimum Gasteiger partial charge on any atom is -0.384 e. The monoisotopic (exact) mass is 185 g/mol. The predicted octanol–water partition coefficient (Wildman–Crippen LogP) is 2.05. The standard InChI is InChI=1S/C11H23NO/c1-4-11(10-5-6-10)12-7-9(2)8-13-3/h9-12H,4-8H2,1-3H3. The zero-order chi connectivity index (χ0) is 9.68. The van der Waals surface area contributed by atoms with Crippen molar-refractivity contribution in [1.29, 1.82) is 0 Å². The minimum absolute atomic E-state index is 0.637. The fourth-order valence-electron chi connectivity index (χ4n) is 1.84. The van der Waals surface area contributed by atoms with Gasteiger partial charge < -0.3 is 10.1 Å². The molecule has 1 aliphatic carbocycles. The highest BCUT2D eigenvalue weighted by Crippen LogP contribution is 2.33. The summed E-state index contributed by atoms with van der Waals surface area (Å²) in [5.74, 6) is 1.61. The highest BCUT2D eigenvalue weighted by atomic mass is 16.5. The fourth-order valence-corrected chi connectivity index (χ4v) is 1.84. The van der Waals surface area contributed by atoms with Gasteiger partial charge in [0.2, 0.25) is 0 Å². The highest BCUT2D eigenvalue weighted by molar-refractivity contribution is 4.85. The Morgan fingerprint density at radius 2 is 2.15 bits per heavy atom. The van der Waals surface area contributed by atoms with Crippen LogP contribution in [0.15, 0.2) is 0 Å². The van der Waals surface area contributed by atoms with Crippen molar-refractivity contribution in [2.75, 3.05) is 20.3 Å². The second-order valence-corrected chi connectivity index (χ2v) is 4.32. The Morgan fingerprint density at radius 3 is 2.62 bits per heavy atom. The smallest absolute Gasteiger partial charge is 0.0499 e. The molecule has 0 aromatic rings. The lowest BCUT2D eigenvalue weighted by molar-refractivity contribution is 0.156. The third-order valence-corrected chi connectivity index (χ3v) is 2.81. The van der Waals surface area contributed by atoms with Crippen molar-refractivity contribution in [1.82, 2.24) is 5.32 Å². The van der Waals surface area contributed by atoms with E-state index in [9.17, 15) is 0 Å². The summed E-state index contributed by atoms with van der Waals surface area (Å²) in [5, 5.41) is 3.64. The molecule has 1 rings (SSSR count). The van der Waals surface area contributed by atoms with E-state index in [1.54, 1.807) is 7.11 Å². The first kappa shape index (κ1) is 11.0. The van der Waals surface area contributed by atoms with Crippen LogP contribution in [0.3, 0.4) is 0 Å². The Morgan fingerprint density at radius 1 is 1.46 bits per heavy atom. The van der Waals surface area contributed by atoms with Crippen LogP contribution in [0, 0.1) is 11.8 Å². The molecule has 1 N–H and O–H groups in total. The van der Waals surface area contributed by atoms with Gasteiger partial charge in [0.05, 0.1) is 0 Å². The number of hydrogen-bond acceptors (Lipinski definition) is 2. The minimum atomic E-state index is 0.637. The van der Waals surface area contributed by atoms with E-state index in [-0.39, 0.29) is 0 Å². The average Bonchev–Trinajstić information content (AvgIpc) is 2.90. The summed E-state index contributed by atoms with van der Waals surface area (Å²) in [6, 6.07) is 0.763. The Kier molecular flexibility index (Phi) is 4.74. The van der Waals surface area contributed by atoms with Crippen LogP contribution in [0.25, 0.3) is 0 Å². The third kappa shape index (κ3) is 4.10. The van der Waals surface area contributed by atoms with E-state index in [2.05, 4.69) is 19.2 Å². The van der Waals surface area contributed by atoms with Gasteiger partial charge in [0, 0.05) is 26.3 Å². The maximum atomic E-state index is 5.11. The molecule has 2 unspecified atom stereocenters. The molecule has 13 heavy (non-hydrogen) atoms. The van der Waals surface area contributed by atoms with Gasteiger partial charge in [-0.25, -0.2) is 0 Å². The normalized spacial score (nSPS) is 21.5. The van der Waals surface area contributed by atoms with Crippen molar-refractivity contribution in [3.8, 4) is 0 Å². The number of rotatable bonds is 7. The van der Waals surface area contributed by atoms with Crippen molar-refractivity contribution < 1.29 is 4.74 Å². The molecule has 0 saturated heterocycles. The van der Waals surface area contributed by atoms with E-state index in [1.165, 1.54) is 19.3 Å². The lowest BCUT2D eigenvalue weighted by atomic mass is 10.1. The number of ether oxygens (including phenoxy) is 1. The molecular formula is C11H23NO. The summed E-state index contributed by atoms with van der Waals surface area (Å²) in [5.41, 5.74) is 0. The molecule has 0 amide bonds. The molecule has 0 spiro atoms. The van der Waals surface area contributed by atoms with Crippen LogP contribution in [-0.4, -0.2) is 26.3 Å². The zero-order valence-electron chi connectivity index (χ0n) is 9.18. The Bertz CT molecular complexity index is 134. The second kappa shape index (κ2) is 5.61. The van der Waals surface area contributed by atoms with E-state index in [4.69, 9.17) is 4.74 Å². The van der Waals surface area contributed by atoms with Crippen LogP contribution in [0.1, 0.15) is 33.1 Å². The van der Waals surface area contributed by atoms with Crippen molar-refractivity contribution in [3.05, 3.63) is 0 Å². The van der Waals surface area contributed by atoms with Crippen molar-refractivity contribution in [2.24, 2.45) is 11.8 Å². The Hall–Kier alpha value is -0.0800. The third-order valence-electron chi connectivity index (χ3n) is 2.81. The van der Waals surface area contributed by atoms with Crippen LogP contribution in [0.5, 0.6) is 0 Å². The summed E-state index contributed by atoms with van der Waals surface area (Å²) in [6.07, 6.45) is 4.14. The summed E-state index contributed by atoms with van der Waals surface area (Å²) in [6.45, 7) is 6.48. The summed E-state index contributed by atoms with van der Waals surface area (Å²) < 4.78 is 5.11. The second-order valence-electron chi connectivity index (χ2n) is 4.32. The average molecular weight is 185 g/mol. The Balaban J connectivity index is 2.07. The molecule has 0 bridgehead atoms. The van der Waals surface area contributed by atoms with Gasteiger partial charge in [0.25, 0.3) is 0 Å². The van der Waals surface area contributed by atoms with E-state index in [1.807, 2.05) is 0 Å². The lowest BCUT2D eigenvalue weighted by Gasteiger charge is -2.19. The van der Waals surface area contributed by atoms with Gasteiger partial charge in [-0.1, -0.05) is 13.8 Å². The first-order chi connectivity index (χ1) is 6.27. The van der Waals surface area contributed by atoms with Crippen molar-refractivity contribution in [3.63, 3.8) is 0 Å². The molecule has 1 fully saturated rings. The van der Waals surface area contributed by atoms with Crippen molar-refractivity contribution in [2.45, 2.75) is 39.2 Å². The largest absolute Gasteiger partial charge is 0.384 e. The van der Waals surface area contributed by atoms with Gasteiger partial charge in [-0.2, -0.15) is 0 Å². The Labute approximate surface area is 82.0 Å². The topological polar surface area (TPSA) is 21.3 Å². The summed E-state index contributed by atoms with van der Waals surface area (Å²) >= 11 is 0. The van der Waals surface area contributed by atoms with E-state index < -0.39 is 0 Å². The molecule has 2 heteroatoms. The predicted molar refractivity (Wildman–Crippen MR) is 55.8 cm³/mol. The SMILES string of the molecule is CCC(NCC(C)COC)C1CC1. The number of methoxy groups -OCH3 is 1. The molecule has 0 aromatic carbocycles. The van der Waals surface area contributed by atoms with Crippen LogP contribution < -0.4 is 5.32 Å². The van der Waals surface area contributed by atoms with E-state index in [0.717, 1.165) is 25.1 Å². The quantitative estimate of drug-likeness (QED) is 0.655. The van der Waals surface area contributed by atoms with Crippen molar-refractivity contribution >= 4 is 0 Å². The summed E-state index contributed by atoms with van der Waals surface area (Å²) in [4.78, 5) is 0. The molecule has 0 aliphatic heterocycles. The van der Waals surface area contributed by atoms with Crippen LogP contribution >= 0.6 is 0 Å². The molecule has 78 valence electrons. The molecule has 0 heterocycles. The van der Waals surface area contributed by atoms with Gasteiger partial charge in [-0.15, -0.1) is 0 Å². The van der Waals surface area contributed by atoms with E-state index >= 15 is 0 Å². The molecular weight excluding hydrogens is 162 g/mol. The summed E-state index contributed by atoms with van der Waals surface area (Å²) in [7, 11) is 1.77. The molecule has 0 radical (unpaired) electrons. The van der Waals surface area contributed by atoms with Gasteiger partial charge in [-0.05, 0) is 31.1 Å². The van der Waals surface area contributed by atoms with Crippen LogP contribution in [0.4, 0.5) is 0 Å². The van der Waals surface area contributed by atoms with Gasteiger partial charge in [-0.3, -0.25) is 0 Å². The molecule has 1 saturated carbocycles. The molecule has 2 nitrogen and oxygen atoms in total. The van der Waals surface area contributed by atoms with Crippen LogP contribution in [0.2, 0.25) is 0 Å². The maximum absolute atomic E-state index is 5.11. The molecule has 0 aromatic heterocycles. The molecule has 1 aliphatic rings. The first-order valence-electron chi connectivity index (χ1n) is 5.50. The van der Waals surface area contributed by atoms with Gasteiger partial charge in [0.1, 0.15) is 0 Å². The fraction of sp³-hybridized carbons (Fsp3) is 1.00. The highest BCUT2D eigenvalue weighted by Gasteiger charge is 2.29. The lowest BCUT2D eigenvalue weighted by Crippen LogP contribution is -2.34. The van der Waals surface area contributed by atoms with Gasteiger partial charge in [0.15, 0.2) is 0 Å². The zero-order valence-corrected chi connectivity index (χ0v) is 9.18. The number of nitrogens with one attached hydrogen (secondary N) is 1. The first-order valence-corrected chi connectivity index (χ1v) is 5.50. The van der Waals surface area contributed by atoms with Gasteiger partial charge >= 0.3 is 0 Å². The van der Waals surface area contributed by atoms with Crippen LogP contribution in [-0.2, 0) is 4.74 Å².